The molecule has 0 fully saturated rings. The molecule has 0 bridgehead atoms. The maximum atomic E-state index is 12.8. The van der Waals surface area contributed by atoms with Crippen molar-refractivity contribution >= 4 is 17.5 Å². The van der Waals surface area contributed by atoms with Gasteiger partial charge in [0.25, 0.3) is 0 Å². The van der Waals surface area contributed by atoms with Gasteiger partial charge in [0.2, 0.25) is 11.8 Å². The highest BCUT2D eigenvalue weighted by Crippen LogP contribution is 2.11. The Morgan fingerprint density at radius 1 is 1.00 bits per heavy atom. The fourth-order valence-electron chi connectivity index (χ4n) is 2.39. The molecule has 0 aliphatic rings. The van der Waals surface area contributed by atoms with Crippen LogP contribution in [0.5, 0.6) is 0 Å². The van der Waals surface area contributed by atoms with Gasteiger partial charge in [-0.05, 0) is 43.8 Å². The van der Waals surface area contributed by atoms with Crippen LogP contribution in [0.15, 0.2) is 54.6 Å². The van der Waals surface area contributed by atoms with Gasteiger partial charge >= 0.3 is 0 Å². The molecule has 5 nitrogen and oxygen atoms in total. The van der Waals surface area contributed by atoms with Crippen LogP contribution < -0.4 is 10.6 Å². The first-order valence-corrected chi connectivity index (χ1v) is 8.02. The van der Waals surface area contributed by atoms with Crippen LogP contribution in [0.25, 0.3) is 0 Å². The summed E-state index contributed by atoms with van der Waals surface area (Å²) in [6, 6.07) is 15.1. The molecule has 1 atom stereocenters. The molecule has 6 heteroatoms. The van der Waals surface area contributed by atoms with Crippen molar-refractivity contribution < 1.29 is 14.0 Å². The van der Waals surface area contributed by atoms with Crippen molar-refractivity contribution in [3.8, 4) is 0 Å². The van der Waals surface area contributed by atoms with E-state index in [0.29, 0.717) is 5.69 Å². The summed E-state index contributed by atoms with van der Waals surface area (Å²) < 4.78 is 12.8. The van der Waals surface area contributed by atoms with Crippen molar-refractivity contribution in [1.29, 1.82) is 0 Å². The van der Waals surface area contributed by atoms with Gasteiger partial charge in [-0.25, -0.2) is 4.39 Å². The topological polar surface area (TPSA) is 61.4 Å². The number of halogens is 1. The van der Waals surface area contributed by atoms with E-state index in [1.165, 1.54) is 24.3 Å². The monoisotopic (exact) mass is 343 g/mol. The quantitative estimate of drug-likeness (QED) is 0.812. The maximum absolute atomic E-state index is 12.8. The van der Waals surface area contributed by atoms with Crippen LogP contribution in [0.4, 0.5) is 10.1 Å². The average Bonchev–Trinajstić information content (AvgIpc) is 2.57. The van der Waals surface area contributed by atoms with Gasteiger partial charge in [0.05, 0.1) is 19.1 Å². The van der Waals surface area contributed by atoms with Crippen LogP contribution in [-0.4, -0.2) is 36.9 Å². The van der Waals surface area contributed by atoms with E-state index in [1.54, 1.807) is 11.9 Å². The Kier molecular flexibility index (Phi) is 6.65. The molecular formula is C19H22FN3O2. The molecule has 2 aromatic carbocycles. The van der Waals surface area contributed by atoms with Gasteiger partial charge in [-0.1, -0.05) is 30.3 Å². The van der Waals surface area contributed by atoms with E-state index in [9.17, 15) is 14.0 Å². The summed E-state index contributed by atoms with van der Waals surface area (Å²) in [6.45, 7) is 2.08. The first-order valence-electron chi connectivity index (χ1n) is 8.02. The zero-order chi connectivity index (χ0) is 18.2. The van der Waals surface area contributed by atoms with E-state index in [0.717, 1.165) is 5.56 Å². The Bertz CT molecular complexity index is 704. The number of hydrogen-bond donors (Lipinski definition) is 2. The van der Waals surface area contributed by atoms with E-state index in [4.69, 9.17) is 0 Å². The van der Waals surface area contributed by atoms with Gasteiger partial charge in [-0.3, -0.25) is 14.5 Å². The Morgan fingerprint density at radius 3 is 2.24 bits per heavy atom. The van der Waals surface area contributed by atoms with Crippen LogP contribution in [0.3, 0.4) is 0 Å². The van der Waals surface area contributed by atoms with Crippen molar-refractivity contribution in [2.75, 3.05) is 25.5 Å². The fourth-order valence-corrected chi connectivity index (χ4v) is 2.39. The van der Waals surface area contributed by atoms with E-state index >= 15 is 0 Å². The second-order valence-electron chi connectivity index (χ2n) is 5.93. The number of nitrogens with zero attached hydrogens (tertiary/aromatic N) is 1. The Morgan fingerprint density at radius 2 is 1.60 bits per heavy atom. The van der Waals surface area contributed by atoms with Crippen molar-refractivity contribution in [3.05, 3.63) is 66.0 Å². The summed E-state index contributed by atoms with van der Waals surface area (Å²) in [6.07, 6.45) is 0. The van der Waals surface area contributed by atoms with Gasteiger partial charge in [0.1, 0.15) is 5.82 Å². The summed E-state index contributed by atoms with van der Waals surface area (Å²) in [5.41, 5.74) is 1.54. The van der Waals surface area contributed by atoms with Crippen molar-refractivity contribution in [3.63, 3.8) is 0 Å². The molecule has 0 aliphatic heterocycles. The van der Waals surface area contributed by atoms with Gasteiger partial charge in [-0.2, -0.15) is 0 Å². The third-order valence-corrected chi connectivity index (χ3v) is 3.63. The molecule has 132 valence electrons. The lowest BCUT2D eigenvalue weighted by Crippen LogP contribution is -2.39. The molecule has 0 heterocycles. The lowest BCUT2D eigenvalue weighted by molar-refractivity contribution is -0.123. The third kappa shape index (κ3) is 6.35. The summed E-state index contributed by atoms with van der Waals surface area (Å²) in [7, 11) is 1.69. The first kappa shape index (κ1) is 18.6. The van der Waals surface area contributed by atoms with E-state index < -0.39 is 0 Å². The van der Waals surface area contributed by atoms with Gasteiger partial charge in [0, 0.05) is 5.69 Å². The number of carbonyl (C=O) groups is 2. The molecule has 2 aromatic rings. The van der Waals surface area contributed by atoms with Crippen LogP contribution in [0.1, 0.15) is 18.5 Å². The minimum absolute atomic E-state index is 0.0600. The van der Waals surface area contributed by atoms with E-state index in [1.807, 2.05) is 37.3 Å². The highest BCUT2D eigenvalue weighted by Gasteiger charge is 2.13. The lowest BCUT2D eigenvalue weighted by Gasteiger charge is -2.19. The predicted octanol–water partition coefficient (Wildman–Crippen LogP) is 2.57. The number of amides is 2. The Hall–Kier alpha value is -2.73. The van der Waals surface area contributed by atoms with Gasteiger partial charge in [-0.15, -0.1) is 0 Å². The molecule has 2 amide bonds. The van der Waals surface area contributed by atoms with E-state index in [-0.39, 0.29) is 36.8 Å². The van der Waals surface area contributed by atoms with Crippen molar-refractivity contribution in [2.24, 2.45) is 0 Å². The average molecular weight is 343 g/mol. The van der Waals surface area contributed by atoms with Crippen molar-refractivity contribution in [1.82, 2.24) is 10.2 Å². The minimum atomic E-state index is -0.362. The van der Waals surface area contributed by atoms with Gasteiger partial charge < -0.3 is 10.6 Å². The number of hydrogen-bond acceptors (Lipinski definition) is 3. The second-order valence-corrected chi connectivity index (χ2v) is 5.93. The molecule has 0 unspecified atom stereocenters. The summed E-state index contributed by atoms with van der Waals surface area (Å²) in [5.74, 6) is -0.786. The summed E-state index contributed by atoms with van der Waals surface area (Å²) >= 11 is 0. The number of likely N-dealkylation sites (N-methyl/N-ethyl adjacent to an activating group) is 1. The highest BCUT2D eigenvalue weighted by molar-refractivity contribution is 5.92. The Balaban J connectivity index is 1.76. The zero-order valence-electron chi connectivity index (χ0n) is 14.3. The molecule has 0 saturated heterocycles. The van der Waals surface area contributed by atoms with Gasteiger partial charge in [0.15, 0.2) is 0 Å². The third-order valence-electron chi connectivity index (χ3n) is 3.63. The van der Waals surface area contributed by atoms with Crippen LogP contribution in [0.2, 0.25) is 0 Å². The summed E-state index contributed by atoms with van der Waals surface area (Å²) in [5, 5.41) is 5.56. The predicted molar refractivity (Wildman–Crippen MR) is 95.5 cm³/mol. The molecule has 2 N–H and O–H groups in total. The number of rotatable bonds is 7. The molecule has 0 aromatic heterocycles. The van der Waals surface area contributed by atoms with E-state index in [2.05, 4.69) is 10.6 Å². The largest absolute Gasteiger partial charge is 0.348 e. The highest BCUT2D eigenvalue weighted by atomic mass is 19.1. The molecule has 25 heavy (non-hydrogen) atoms. The molecule has 0 aliphatic carbocycles. The minimum Gasteiger partial charge on any atom is -0.348 e. The fraction of sp³-hybridized carbons (Fsp3) is 0.263. The van der Waals surface area contributed by atoms with Crippen LogP contribution >= 0.6 is 0 Å². The number of nitrogens with one attached hydrogen (secondary N) is 2. The molecule has 2 rings (SSSR count). The number of anilines is 1. The van der Waals surface area contributed by atoms with Crippen LogP contribution in [-0.2, 0) is 9.59 Å². The normalized spacial score (nSPS) is 11.8. The van der Waals surface area contributed by atoms with Crippen LogP contribution in [0, 0.1) is 5.82 Å². The maximum Gasteiger partial charge on any atom is 0.238 e. The first-order chi connectivity index (χ1) is 11.9. The molecular weight excluding hydrogens is 321 g/mol. The molecule has 0 saturated carbocycles. The number of benzene rings is 2. The van der Waals surface area contributed by atoms with Crippen molar-refractivity contribution in [2.45, 2.75) is 13.0 Å². The lowest BCUT2D eigenvalue weighted by atomic mass is 10.1. The standard InChI is InChI=1S/C19H22FN3O2/c1-14(15-6-4-3-5-7-15)21-18(24)12-23(2)13-19(25)22-17-10-8-16(20)9-11-17/h3-11,14H,12-13H2,1-2H3,(H,21,24)(H,22,25)/t14-/m1/s1. The SMILES string of the molecule is C[C@@H](NC(=O)CN(C)CC(=O)Nc1ccc(F)cc1)c1ccccc1. The smallest absolute Gasteiger partial charge is 0.238 e. The zero-order valence-corrected chi connectivity index (χ0v) is 14.3. The second kappa shape index (κ2) is 8.94. The summed E-state index contributed by atoms with van der Waals surface area (Å²) in [4.78, 5) is 25.7. The molecule has 0 spiro atoms. The number of carbonyl (C=O) groups excluding carboxylic acids is 2. The molecule has 0 radical (unpaired) electrons. The Labute approximate surface area is 146 Å².